The molecule has 24 heavy (non-hydrogen) atoms. The number of sulfonamides is 1. The Morgan fingerprint density at radius 1 is 1.29 bits per heavy atom. The van der Waals surface area contributed by atoms with Crippen molar-refractivity contribution in [3.05, 3.63) is 24.3 Å². The second-order valence-corrected chi connectivity index (χ2v) is 7.60. The molecule has 0 aromatic heterocycles. The summed E-state index contributed by atoms with van der Waals surface area (Å²) < 4.78 is 36.8. The monoisotopic (exact) mass is 356 g/mol. The summed E-state index contributed by atoms with van der Waals surface area (Å²) in [6.07, 6.45) is 1.35. The van der Waals surface area contributed by atoms with Crippen LogP contribution in [0.25, 0.3) is 0 Å². The molecule has 0 saturated carbocycles. The molecule has 1 aromatic rings. The van der Waals surface area contributed by atoms with Gasteiger partial charge in [-0.25, -0.2) is 8.42 Å². The third-order valence-corrected chi connectivity index (χ3v) is 5.94. The summed E-state index contributed by atoms with van der Waals surface area (Å²) in [6.45, 7) is 1.49. The fraction of sp³-hybridized carbons (Fsp3) is 0.562. The first-order valence-electron chi connectivity index (χ1n) is 7.90. The maximum absolute atomic E-state index is 12.7. The molecule has 0 bridgehead atoms. The van der Waals surface area contributed by atoms with Crippen molar-refractivity contribution >= 4 is 15.9 Å². The van der Waals surface area contributed by atoms with Gasteiger partial charge in [-0.1, -0.05) is 0 Å². The zero-order chi connectivity index (χ0) is 17.6. The molecule has 8 heteroatoms. The first-order chi connectivity index (χ1) is 11.5. The van der Waals surface area contributed by atoms with Gasteiger partial charge in [-0.05, 0) is 37.1 Å². The number of hydrogen-bond acceptors (Lipinski definition) is 5. The molecular weight excluding hydrogens is 332 g/mol. The van der Waals surface area contributed by atoms with Crippen LogP contribution in [0.2, 0.25) is 0 Å². The summed E-state index contributed by atoms with van der Waals surface area (Å²) >= 11 is 0. The Morgan fingerprint density at radius 2 is 2.00 bits per heavy atom. The lowest BCUT2D eigenvalue weighted by atomic mass is 9.99. The maximum Gasteiger partial charge on any atom is 0.243 e. The molecule has 1 heterocycles. The summed E-state index contributed by atoms with van der Waals surface area (Å²) in [7, 11) is -0.511. The van der Waals surface area contributed by atoms with E-state index >= 15 is 0 Å². The van der Waals surface area contributed by atoms with E-state index in [0.29, 0.717) is 38.3 Å². The molecule has 1 fully saturated rings. The van der Waals surface area contributed by atoms with E-state index in [-0.39, 0.29) is 23.3 Å². The van der Waals surface area contributed by atoms with Gasteiger partial charge in [0.1, 0.15) is 5.75 Å². The number of piperidine rings is 1. The molecule has 2 rings (SSSR count). The maximum atomic E-state index is 12.7. The van der Waals surface area contributed by atoms with E-state index in [1.807, 2.05) is 0 Å². The number of amides is 1. The standard InChI is InChI=1S/C16H24N2O5S/c1-22-11-9-17-16(19)13-4-3-10-18(12-13)24(20,21)15-7-5-14(23-2)6-8-15/h5-8,13H,3-4,9-12H2,1-2H3,(H,17,19)/t13-/m0/s1. The van der Waals surface area contributed by atoms with Gasteiger partial charge in [-0.3, -0.25) is 4.79 Å². The van der Waals surface area contributed by atoms with Crippen LogP contribution in [0.15, 0.2) is 29.2 Å². The fourth-order valence-electron chi connectivity index (χ4n) is 2.69. The Balaban J connectivity index is 2.05. The number of ether oxygens (including phenoxy) is 2. The second kappa shape index (κ2) is 8.46. The number of nitrogens with zero attached hydrogens (tertiary/aromatic N) is 1. The van der Waals surface area contributed by atoms with Crippen LogP contribution >= 0.6 is 0 Å². The lowest BCUT2D eigenvalue weighted by molar-refractivity contribution is -0.126. The minimum absolute atomic E-state index is 0.123. The van der Waals surface area contributed by atoms with Crippen molar-refractivity contribution in [2.75, 3.05) is 40.5 Å². The highest BCUT2D eigenvalue weighted by Gasteiger charge is 2.33. The largest absolute Gasteiger partial charge is 0.497 e. The van der Waals surface area contributed by atoms with Crippen LogP contribution in [0.5, 0.6) is 5.75 Å². The van der Waals surface area contributed by atoms with Crippen LogP contribution in [-0.4, -0.2) is 59.1 Å². The summed E-state index contributed by atoms with van der Waals surface area (Å²) in [6, 6.07) is 6.28. The normalized spacial score (nSPS) is 19.0. The van der Waals surface area contributed by atoms with E-state index in [9.17, 15) is 13.2 Å². The van der Waals surface area contributed by atoms with Gasteiger partial charge < -0.3 is 14.8 Å². The highest BCUT2D eigenvalue weighted by molar-refractivity contribution is 7.89. The van der Waals surface area contributed by atoms with Gasteiger partial charge in [0.2, 0.25) is 15.9 Å². The van der Waals surface area contributed by atoms with Crippen molar-refractivity contribution in [2.24, 2.45) is 5.92 Å². The van der Waals surface area contributed by atoms with Crippen LogP contribution in [-0.2, 0) is 19.6 Å². The van der Waals surface area contributed by atoms with Crippen LogP contribution in [0.1, 0.15) is 12.8 Å². The third kappa shape index (κ3) is 4.46. The Hall–Kier alpha value is -1.64. The predicted molar refractivity (Wildman–Crippen MR) is 89.4 cm³/mol. The van der Waals surface area contributed by atoms with E-state index in [0.717, 1.165) is 0 Å². The van der Waals surface area contributed by atoms with Crippen molar-refractivity contribution in [1.29, 1.82) is 0 Å². The quantitative estimate of drug-likeness (QED) is 0.733. The molecule has 1 aliphatic heterocycles. The van der Waals surface area contributed by atoms with Crippen molar-refractivity contribution in [1.82, 2.24) is 9.62 Å². The third-order valence-electron chi connectivity index (χ3n) is 4.06. The molecule has 1 amide bonds. The highest BCUT2D eigenvalue weighted by Crippen LogP contribution is 2.25. The second-order valence-electron chi connectivity index (χ2n) is 5.66. The molecule has 0 radical (unpaired) electrons. The van der Waals surface area contributed by atoms with Crippen LogP contribution in [0.4, 0.5) is 0 Å². The number of rotatable bonds is 7. The van der Waals surface area contributed by atoms with Gasteiger partial charge in [0.15, 0.2) is 0 Å². The van der Waals surface area contributed by atoms with E-state index in [1.165, 1.54) is 23.5 Å². The molecule has 7 nitrogen and oxygen atoms in total. The molecule has 0 aliphatic carbocycles. The van der Waals surface area contributed by atoms with Gasteiger partial charge in [0.25, 0.3) is 0 Å². The number of carbonyl (C=O) groups is 1. The molecule has 0 unspecified atom stereocenters. The van der Waals surface area contributed by atoms with Crippen molar-refractivity contribution < 1.29 is 22.7 Å². The minimum Gasteiger partial charge on any atom is -0.497 e. The molecule has 1 aromatic carbocycles. The average Bonchev–Trinajstić information content (AvgIpc) is 2.62. The average molecular weight is 356 g/mol. The molecular formula is C16H24N2O5S. The zero-order valence-corrected chi connectivity index (χ0v) is 14.8. The number of methoxy groups -OCH3 is 2. The predicted octanol–water partition coefficient (Wildman–Crippen LogP) is 0.859. The summed E-state index contributed by atoms with van der Waals surface area (Å²) in [5.74, 6) is 0.147. The summed E-state index contributed by atoms with van der Waals surface area (Å²) in [5, 5.41) is 2.78. The van der Waals surface area contributed by atoms with E-state index in [1.54, 1.807) is 19.2 Å². The summed E-state index contributed by atoms with van der Waals surface area (Å²) in [5.41, 5.74) is 0. The number of benzene rings is 1. The Morgan fingerprint density at radius 3 is 2.62 bits per heavy atom. The smallest absolute Gasteiger partial charge is 0.243 e. The van der Waals surface area contributed by atoms with Crippen molar-refractivity contribution in [3.63, 3.8) is 0 Å². The molecule has 0 spiro atoms. The lowest BCUT2D eigenvalue weighted by Gasteiger charge is -2.31. The topological polar surface area (TPSA) is 84.9 Å². The highest BCUT2D eigenvalue weighted by atomic mass is 32.2. The summed E-state index contributed by atoms with van der Waals surface area (Å²) in [4.78, 5) is 12.4. The van der Waals surface area contributed by atoms with Crippen LogP contribution in [0, 0.1) is 5.92 Å². The molecule has 1 N–H and O–H groups in total. The van der Waals surface area contributed by atoms with E-state index < -0.39 is 10.0 Å². The number of carbonyl (C=O) groups excluding carboxylic acids is 1. The minimum atomic E-state index is -3.61. The van der Waals surface area contributed by atoms with Gasteiger partial charge in [0.05, 0.1) is 24.5 Å². The van der Waals surface area contributed by atoms with Crippen molar-refractivity contribution in [3.8, 4) is 5.75 Å². The Labute approximate surface area is 143 Å². The molecule has 1 saturated heterocycles. The van der Waals surface area contributed by atoms with E-state index in [4.69, 9.17) is 9.47 Å². The lowest BCUT2D eigenvalue weighted by Crippen LogP contribution is -2.45. The van der Waals surface area contributed by atoms with Crippen molar-refractivity contribution in [2.45, 2.75) is 17.7 Å². The Bertz CT molecular complexity index is 645. The SMILES string of the molecule is COCCNC(=O)[C@H]1CCCN(S(=O)(=O)c2ccc(OC)cc2)C1. The first-order valence-corrected chi connectivity index (χ1v) is 9.34. The first kappa shape index (κ1) is 18.7. The number of hydrogen-bond donors (Lipinski definition) is 1. The molecule has 134 valence electrons. The van der Waals surface area contributed by atoms with Gasteiger partial charge >= 0.3 is 0 Å². The van der Waals surface area contributed by atoms with Crippen LogP contribution < -0.4 is 10.1 Å². The van der Waals surface area contributed by atoms with E-state index in [2.05, 4.69) is 5.32 Å². The zero-order valence-electron chi connectivity index (χ0n) is 14.0. The van der Waals surface area contributed by atoms with Gasteiger partial charge in [-0.2, -0.15) is 4.31 Å². The van der Waals surface area contributed by atoms with Gasteiger partial charge in [-0.15, -0.1) is 0 Å². The number of nitrogens with one attached hydrogen (secondary N) is 1. The van der Waals surface area contributed by atoms with Gasteiger partial charge in [0, 0.05) is 26.7 Å². The molecule has 1 atom stereocenters. The fourth-order valence-corrected chi connectivity index (χ4v) is 4.22. The Kier molecular flexibility index (Phi) is 6.59. The van der Waals surface area contributed by atoms with Crippen LogP contribution in [0.3, 0.4) is 0 Å². The molecule has 1 aliphatic rings.